The van der Waals surface area contributed by atoms with Crippen LogP contribution in [0.3, 0.4) is 0 Å². The van der Waals surface area contributed by atoms with Crippen LogP contribution >= 0.6 is 0 Å². The first-order valence-electron chi connectivity index (χ1n) is 5.73. The van der Waals surface area contributed by atoms with Gasteiger partial charge in [0.25, 0.3) is 0 Å². The molecule has 0 aliphatic carbocycles. The molecular weight excluding hydrogens is 210 g/mol. The normalized spacial score (nSPS) is 11.2. The van der Waals surface area contributed by atoms with Gasteiger partial charge in [-0.25, -0.2) is 0 Å². The lowest BCUT2D eigenvalue weighted by Gasteiger charge is -2.00. The van der Waals surface area contributed by atoms with Crippen molar-refractivity contribution in [2.45, 2.75) is 6.92 Å². The van der Waals surface area contributed by atoms with Crippen molar-refractivity contribution in [2.75, 3.05) is 7.11 Å². The van der Waals surface area contributed by atoms with E-state index in [0.717, 1.165) is 5.75 Å². The zero-order valence-electron chi connectivity index (χ0n) is 10.3. The summed E-state index contributed by atoms with van der Waals surface area (Å²) in [6.07, 6.45) is 0. The lowest BCUT2D eigenvalue weighted by Crippen LogP contribution is -1.87. The van der Waals surface area contributed by atoms with Gasteiger partial charge in [-0.3, -0.25) is 0 Å². The van der Waals surface area contributed by atoms with E-state index in [0.29, 0.717) is 0 Å². The second-order valence-corrected chi connectivity index (χ2v) is 4.46. The fraction of sp³-hybridized carbons (Fsp3) is 0.200. The van der Waals surface area contributed by atoms with Gasteiger partial charge in [0.2, 0.25) is 0 Å². The molecule has 0 radical (unpaired) electrons. The van der Waals surface area contributed by atoms with Crippen molar-refractivity contribution in [2.24, 2.45) is 7.05 Å². The van der Waals surface area contributed by atoms with E-state index in [9.17, 15) is 0 Å². The van der Waals surface area contributed by atoms with E-state index in [4.69, 9.17) is 4.74 Å². The Hall–Kier alpha value is -1.96. The van der Waals surface area contributed by atoms with Gasteiger partial charge in [0.15, 0.2) is 0 Å². The molecule has 0 atom stereocenters. The summed E-state index contributed by atoms with van der Waals surface area (Å²) >= 11 is 0. The summed E-state index contributed by atoms with van der Waals surface area (Å²) in [4.78, 5) is 0. The van der Waals surface area contributed by atoms with Gasteiger partial charge in [-0.15, -0.1) is 0 Å². The monoisotopic (exact) mass is 225 g/mol. The Balaban J connectivity index is 2.50. The van der Waals surface area contributed by atoms with Crippen molar-refractivity contribution in [1.29, 1.82) is 0 Å². The average Bonchev–Trinajstić information content (AvgIpc) is 2.62. The number of aryl methyl sites for hydroxylation is 2. The first kappa shape index (κ1) is 10.2. The molecule has 86 valence electrons. The number of ether oxygens (including phenoxy) is 1. The lowest BCUT2D eigenvalue weighted by atomic mass is 10.1. The SMILES string of the molecule is COc1ccc2c(c1)c1ccc(C)cc1n2C. The Morgan fingerprint density at radius 2 is 1.76 bits per heavy atom. The van der Waals surface area contributed by atoms with Crippen LogP contribution in [0.1, 0.15) is 5.56 Å². The largest absolute Gasteiger partial charge is 0.497 e. The average molecular weight is 225 g/mol. The van der Waals surface area contributed by atoms with Crippen molar-refractivity contribution in [3.05, 3.63) is 42.0 Å². The molecule has 0 bridgehead atoms. The van der Waals surface area contributed by atoms with Crippen LogP contribution in [0, 0.1) is 6.92 Å². The Kier molecular flexibility index (Phi) is 2.11. The third-order valence-corrected chi connectivity index (χ3v) is 3.37. The Morgan fingerprint density at radius 1 is 0.941 bits per heavy atom. The Bertz CT molecular complexity index is 710. The van der Waals surface area contributed by atoms with Crippen molar-refractivity contribution in [3.63, 3.8) is 0 Å². The third-order valence-electron chi connectivity index (χ3n) is 3.37. The molecule has 0 spiro atoms. The molecule has 0 saturated heterocycles. The van der Waals surface area contributed by atoms with Crippen LogP contribution in [0.25, 0.3) is 21.8 Å². The molecule has 0 fully saturated rings. The molecule has 0 unspecified atom stereocenters. The molecule has 2 nitrogen and oxygen atoms in total. The molecule has 3 aromatic rings. The van der Waals surface area contributed by atoms with E-state index in [1.54, 1.807) is 7.11 Å². The van der Waals surface area contributed by atoms with E-state index in [1.807, 2.05) is 6.07 Å². The maximum absolute atomic E-state index is 5.29. The van der Waals surface area contributed by atoms with Crippen LogP contribution in [0.5, 0.6) is 5.75 Å². The summed E-state index contributed by atoms with van der Waals surface area (Å²) in [5.41, 5.74) is 3.80. The molecule has 2 aromatic carbocycles. The highest BCUT2D eigenvalue weighted by Crippen LogP contribution is 2.31. The minimum absolute atomic E-state index is 0.908. The fourth-order valence-corrected chi connectivity index (χ4v) is 2.43. The Labute approximate surface area is 100 Å². The van der Waals surface area contributed by atoms with Crippen LogP contribution in [-0.2, 0) is 7.05 Å². The van der Waals surface area contributed by atoms with E-state index >= 15 is 0 Å². The van der Waals surface area contributed by atoms with Crippen molar-refractivity contribution >= 4 is 21.8 Å². The molecule has 1 aromatic heterocycles. The maximum atomic E-state index is 5.29. The van der Waals surface area contributed by atoms with E-state index in [-0.39, 0.29) is 0 Å². The number of rotatable bonds is 1. The second kappa shape index (κ2) is 3.52. The smallest absolute Gasteiger partial charge is 0.119 e. The number of nitrogens with zero attached hydrogens (tertiary/aromatic N) is 1. The highest BCUT2D eigenvalue weighted by Gasteiger charge is 2.08. The summed E-state index contributed by atoms with van der Waals surface area (Å²) in [6, 6.07) is 12.8. The molecule has 0 saturated carbocycles. The number of fused-ring (bicyclic) bond motifs is 3. The minimum Gasteiger partial charge on any atom is -0.497 e. The maximum Gasteiger partial charge on any atom is 0.119 e. The standard InChI is InChI=1S/C15H15NO/c1-10-4-6-12-13-9-11(17-3)5-7-14(13)16(2)15(12)8-10/h4-9H,1-3H3. The van der Waals surface area contributed by atoms with Gasteiger partial charge in [0, 0.05) is 28.9 Å². The van der Waals surface area contributed by atoms with Crippen LogP contribution in [0.4, 0.5) is 0 Å². The van der Waals surface area contributed by atoms with Gasteiger partial charge in [-0.05, 0) is 36.8 Å². The number of methoxy groups -OCH3 is 1. The van der Waals surface area contributed by atoms with Gasteiger partial charge in [0.1, 0.15) is 5.75 Å². The quantitative estimate of drug-likeness (QED) is 0.616. The lowest BCUT2D eigenvalue weighted by molar-refractivity contribution is 0.415. The summed E-state index contributed by atoms with van der Waals surface area (Å²) < 4.78 is 7.53. The van der Waals surface area contributed by atoms with Crippen molar-refractivity contribution < 1.29 is 4.74 Å². The number of hydrogen-bond donors (Lipinski definition) is 0. The molecular formula is C15H15NO. The van der Waals surface area contributed by atoms with Crippen LogP contribution in [0.2, 0.25) is 0 Å². The van der Waals surface area contributed by atoms with Gasteiger partial charge < -0.3 is 9.30 Å². The van der Waals surface area contributed by atoms with E-state index in [2.05, 4.69) is 48.9 Å². The molecule has 0 aliphatic heterocycles. The summed E-state index contributed by atoms with van der Waals surface area (Å²) in [6.45, 7) is 2.12. The van der Waals surface area contributed by atoms with Crippen LogP contribution in [0.15, 0.2) is 36.4 Å². The second-order valence-electron chi connectivity index (χ2n) is 4.46. The molecule has 1 heterocycles. The predicted octanol–water partition coefficient (Wildman–Crippen LogP) is 3.65. The van der Waals surface area contributed by atoms with Gasteiger partial charge in [-0.1, -0.05) is 12.1 Å². The van der Waals surface area contributed by atoms with Crippen molar-refractivity contribution in [1.82, 2.24) is 4.57 Å². The molecule has 3 rings (SSSR count). The zero-order valence-corrected chi connectivity index (χ0v) is 10.3. The summed E-state index contributed by atoms with van der Waals surface area (Å²) in [5, 5.41) is 2.54. The number of benzene rings is 2. The zero-order chi connectivity index (χ0) is 12.0. The minimum atomic E-state index is 0.908. The van der Waals surface area contributed by atoms with Crippen LogP contribution in [-0.4, -0.2) is 11.7 Å². The van der Waals surface area contributed by atoms with Crippen molar-refractivity contribution in [3.8, 4) is 5.75 Å². The molecule has 0 N–H and O–H groups in total. The van der Waals surface area contributed by atoms with Crippen LogP contribution < -0.4 is 4.74 Å². The third kappa shape index (κ3) is 1.41. The highest BCUT2D eigenvalue weighted by molar-refractivity contribution is 6.08. The predicted molar refractivity (Wildman–Crippen MR) is 71.7 cm³/mol. The molecule has 2 heteroatoms. The summed E-state index contributed by atoms with van der Waals surface area (Å²) in [7, 11) is 3.81. The molecule has 0 amide bonds. The topological polar surface area (TPSA) is 14.2 Å². The van der Waals surface area contributed by atoms with Gasteiger partial charge >= 0.3 is 0 Å². The number of hydrogen-bond acceptors (Lipinski definition) is 1. The van der Waals surface area contributed by atoms with E-state index in [1.165, 1.54) is 27.4 Å². The molecule has 17 heavy (non-hydrogen) atoms. The van der Waals surface area contributed by atoms with E-state index < -0.39 is 0 Å². The molecule has 0 aliphatic rings. The van der Waals surface area contributed by atoms with Gasteiger partial charge in [-0.2, -0.15) is 0 Å². The highest BCUT2D eigenvalue weighted by atomic mass is 16.5. The first-order valence-corrected chi connectivity index (χ1v) is 5.73. The number of aromatic nitrogens is 1. The fourth-order valence-electron chi connectivity index (χ4n) is 2.43. The first-order chi connectivity index (χ1) is 8.20. The Morgan fingerprint density at radius 3 is 2.53 bits per heavy atom. The van der Waals surface area contributed by atoms with Gasteiger partial charge in [0.05, 0.1) is 7.11 Å². The summed E-state index contributed by atoms with van der Waals surface area (Å²) in [5.74, 6) is 0.908.